The van der Waals surface area contributed by atoms with E-state index in [-0.39, 0.29) is 17.0 Å². The normalized spacial score (nSPS) is 9.63. The second-order valence-corrected chi connectivity index (χ2v) is 3.76. The van der Waals surface area contributed by atoms with Gasteiger partial charge in [-0.2, -0.15) is 5.26 Å². The first-order chi connectivity index (χ1) is 9.11. The third kappa shape index (κ3) is 2.61. The SMILES string of the molecule is N#Cc1ccc(NC(=O)c2ccncc2O)c(N)c1. The topological polar surface area (TPSA) is 112 Å². The van der Waals surface area contributed by atoms with E-state index in [1.165, 1.54) is 30.6 Å². The number of nitrogens with zero attached hydrogens (tertiary/aromatic N) is 2. The van der Waals surface area contributed by atoms with Gasteiger partial charge in [0.1, 0.15) is 5.75 Å². The highest BCUT2D eigenvalue weighted by atomic mass is 16.3. The number of hydrogen-bond acceptors (Lipinski definition) is 5. The summed E-state index contributed by atoms with van der Waals surface area (Å²) in [6, 6.07) is 7.87. The van der Waals surface area contributed by atoms with Gasteiger partial charge in [-0.25, -0.2) is 0 Å². The molecule has 0 aliphatic rings. The number of carbonyl (C=O) groups is 1. The van der Waals surface area contributed by atoms with Crippen LogP contribution < -0.4 is 11.1 Å². The van der Waals surface area contributed by atoms with E-state index in [9.17, 15) is 9.90 Å². The summed E-state index contributed by atoms with van der Waals surface area (Å²) < 4.78 is 0. The molecular formula is C13H10N4O2. The number of anilines is 2. The summed E-state index contributed by atoms with van der Waals surface area (Å²) in [5.74, 6) is -0.719. The molecule has 0 radical (unpaired) electrons. The molecule has 2 rings (SSSR count). The van der Waals surface area contributed by atoms with Crippen molar-refractivity contribution in [3.63, 3.8) is 0 Å². The Labute approximate surface area is 109 Å². The molecule has 4 N–H and O–H groups in total. The van der Waals surface area contributed by atoms with Crippen LogP contribution in [0.1, 0.15) is 15.9 Å². The van der Waals surface area contributed by atoms with Crippen LogP contribution in [-0.4, -0.2) is 16.0 Å². The predicted octanol–water partition coefficient (Wildman–Crippen LogP) is 1.49. The Morgan fingerprint density at radius 1 is 1.42 bits per heavy atom. The maximum atomic E-state index is 11.9. The van der Waals surface area contributed by atoms with Crippen LogP contribution >= 0.6 is 0 Å². The molecule has 1 aromatic heterocycles. The van der Waals surface area contributed by atoms with E-state index < -0.39 is 5.91 Å². The first-order valence-corrected chi connectivity index (χ1v) is 5.36. The van der Waals surface area contributed by atoms with Gasteiger partial charge >= 0.3 is 0 Å². The van der Waals surface area contributed by atoms with E-state index in [2.05, 4.69) is 10.3 Å². The van der Waals surface area contributed by atoms with E-state index in [4.69, 9.17) is 11.0 Å². The third-order valence-corrected chi connectivity index (χ3v) is 2.47. The summed E-state index contributed by atoms with van der Waals surface area (Å²) in [5, 5.41) is 20.8. The van der Waals surface area contributed by atoms with Crippen LogP contribution in [0.4, 0.5) is 11.4 Å². The highest BCUT2D eigenvalue weighted by molar-refractivity contribution is 6.07. The molecule has 0 aliphatic carbocycles. The Hall–Kier alpha value is -3.07. The Morgan fingerprint density at radius 3 is 2.84 bits per heavy atom. The summed E-state index contributed by atoms with van der Waals surface area (Å²) in [4.78, 5) is 15.6. The van der Waals surface area contributed by atoms with Crippen LogP contribution in [0.25, 0.3) is 0 Å². The summed E-state index contributed by atoms with van der Waals surface area (Å²) in [6.45, 7) is 0. The van der Waals surface area contributed by atoms with Crippen LogP contribution in [0.2, 0.25) is 0 Å². The standard InChI is InChI=1S/C13H10N4O2/c14-6-8-1-2-11(10(15)5-8)17-13(19)9-3-4-16-7-12(9)18/h1-5,7,18H,15H2,(H,17,19). The van der Waals surface area contributed by atoms with Crippen molar-refractivity contribution in [1.29, 1.82) is 5.26 Å². The third-order valence-electron chi connectivity index (χ3n) is 2.47. The van der Waals surface area contributed by atoms with Crippen molar-refractivity contribution < 1.29 is 9.90 Å². The monoisotopic (exact) mass is 254 g/mol. The zero-order valence-electron chi connectivity index (χ0n) is 9.79. The molecule has 6 nitrogen and oxygen atoms in total. The maximum Gasteiger partial charge on any atom is 0.259 e. The average molecular weight is 254 g/mol. The van der Waals surface area contributed by atoms with Gasteiger partial charge in [0, 0.05) is 6.20 Å². The summed E-state index contributed by atoms with van der Waals surface area (Å²) in [5.41, 5.74) is 6.88. The Balaban J connectivity index is 2.25. The number of nitrogen functional groups attached to an aromatic ring is 1. The summed E-state index contributed by atoms with van der Waals surface area (Å²) in [7, 11) is 0. The zero-order chi connectivity index (χ0) is 13.8. The number of carbonyl (C=O) groups excluding carboxylic acids is 1. The molecule has 1 amide bonds. The van der Waals surface area contributed by atoms with E-state index in [1.54, 1.807) is 6.07 Å². The predicted molar refractivity (Wildman–Crippen MR) is 69.4 cm³/mol. The lowest BCUT2D eigenvalue weighted by molar-refractivity contribution is 0.102. The number of aromatic hydroxyl groups is 1. The smallest absolute Gasteiger partial charge is 0.259 e. The second-order valence-electron chi connectivity index (χ2n) is 3.76. The number of benzene rings is 1. The quantitative estimate of drug-likeness (QED) is 0.703. The number of pyridine rings is 1. The molecule has 0 bridgehead atoms. The van der Waals surface area contributed by atoms with E-state index in [1.807, 2.05) is 6.07 Å². The minimum absolute atomic E-state index is 0.0961. The first-order valence-electron chi connectivity index (χ1n) is 5.36. The van der Waals surface area contributed by atoms with E-state index >= 15 is 0 Å². The van der Waals surface area contributed by atoms with Crippen molar-refractivity contribution in [2.24, 2.45) is 0 Å². The lowest BCUT2D eigenvalue weighted by Crippen LogP contribution is -2.13. The number of nitrogens with one attached hydrogen (secondary N) is 1. The molecule has 0 saturated heterocycles. The van der Waals surface area contributed by atoms with Crippen molar-refractivity contribution in [3.8, 4) is 11.8 Å². The minimum atomic E-state index is -0.503. The van der Waals surface area contributed by atoms with Crippen molar-refractivity contribution in [2.45, 2.75) is 0 Å². The molecular weight excluding hydrogens is 244 g/mol. The number of nitriles is 1. The van der Waals surface area contributed by atoms with Crippen molar-refractivity contribution in [2.75, 3.05) is 11.1 Å². The Bertz CT molecular complexity index is 677. The fraction of sp³-hybridized carbons (Fsp3) is 0. The van der Waals surface area contributed by atoms with Gasteiger partial charge in [-0.1, -0.05) is 0 Å². The summed E-state index contributed by atoms with van der Waals surface area (Å²) in [6.07, 6.45) is 2.58. The van der Waals surface area contributed by atoms with E-state index in [0.717, 1.165) is 0 Å². The van der Waals surface area contributed by atoms with Gasteiger partial charge in [-0.15, -0.1) is 0 Å². The van der Waals surface area contributed by atoms with Crippen molar-refractivity contribution in [3.05, 3.63) is 47.8 Å². The van der Waals surface area contributed by atoms with Crippen LogP contribution in [-0.2, 0) is 0 Å². The van der Waals surface area contributed by atoms with Crippen LogP contribution in [0, 0.1) is 11.3 Å². The molecule has 1 heterocycles. The minimum Gasteiger partial charge on any atom is -0.505 e. The van der Waals surface area contributed by atoms with Gasteiger partial charge in [-0.05, 0) is 24.3 Å². The molecule has 0 unspecified atom stereocenters. The number of rotatable bonds is 2. The van der Waals surface area contributed by atoms with Gasteiger partial charge in [0.05, 0.1) is 34.8 Å². The highest BCUT2D eigenvalue weighted by Crippen LogP contribution is 2.22. The summed E-state index contributed by atoms with van der Waals surface area (Å²) >= 11 is 0. The molecule has 94 valence electrons. The Morgan fingerprint density at radius 2 is 2.21 bits per heavy atom. The molecule has 0 fully saturated rings. The van der Waals surface area contributed by atoms with E-state index in [0.29, 0.717) is 11.3 Å². The van der Waals surface area contributed by atoms with Gasteiger partial charge in [0.15, 0.2) is 0 Å². The lowest BCUT2D eigenvalue weighted by atomic mass is 10.1. The first kappa shape index (κ1) is 12.4. The molecule has 0 spiro atoms. The number of aromatic nitrogens is 1. The van der Waals surface area contributed by atoms with Crippen molar-refractivity contribution in [1.82, 2.24) is 4.98 Å². The fourth-order valence-electron chi connectivity index (χ4n) is 1.51. The molecule has 0 saturated carbocycles. The largest absolute Gasteiger partial charge is 0.505 e. The molecule has 6 heteroatoms. The Kier molecular flexibility index (Phi) is 3.30. The van der Waals surface area contributed by atoms with Gasteiger partial charge in [0.25, 0.3) is 5.91 Å². The van der Waals surface area contributed by atoms with Crippen LogP contribution in [0.3, 0.4) is 0 Å². The second kappa shape index (κ2) is 5.06. The van der Waals surface area contributed by atoms with Gasteiger partial charge in [0.2, 0.25) is 0 Å². The lowest BCUT2D eigenvalue weighted by Gasteiger charge is -2.09. The molecule has 0 aliphatic heterocycles. The maximum absolute atomic E-state index is 11.9. The molecule has 0 atom stereocenters. The zero-order valence-corrected chi connectivity index (χ0v) is 9.79. The van der Waals surface area contributed by atoms with Gasteiger partial charge in [-0.3, -0.25) is 9.78 Å². The van der Waals surface area contributed by atoms with Crippen LogP contribution in [0.5, 0.6) is 5.75 Å². The van der Waals surface area contributed by atoms with Crippen LogP contribution in [0.15, 0.2) is 36.7 Å². The molecule has 2 aromatic rings. The van der Waals surface area contributed by atoms with Gasteiger partial charge < -0.3 is 16.2 Å². The molecule has 1 aromatic carbocycles. The number of hydrogen-bond donors (Lipinski definition) is 3. The number of nitrogens with two attached hydrogens (primary N) is 1. The van der Waals surface area contributed by atoms with Crippen molar-refractivity contribution >= 4 is 17.3 Å². The highest BCUT2D eigenvalue weighted by Gasteiger charge is 2.12. The number of amides is 1. The average Bonchev–Trinajstić information content (AvgIpc) is 2.41. The fourth-order valence-corrected chi connectivity index (χ4v) is 1.51. The molecule has 19 heavy (non-hydrogen) atoms.